The maximum atomic E-state index is 6.59. The van der Waals surface area contributed by atoms with Crippen LogP contribution in [0.4, 0.5) is 0 Å². The van der Waals surface area contributed by atoms with Crippen molar-refractivity contribution in [1.82, 2.24) is 0 Å². The predicted octanol–water partition coefficient (Wildman–Crippen LogP) is 3.03. The summed E-state index contributed by atoms with van der Waals surface area (Å²) in [6, 6.07) is 18.2. The summed E-state index contributed by atoms with van der Waals surface area (Å²) in [6.07, 6.45) is 0. The first-order valence-corrected chi connectivity index (χ1v) is 13.2. The number of halogens is 2. The fourth-order valence-electron chi connectivity index (χ4n) is 1.44. The van der Waals surface area contributed by atoms with Crippen molar-refractivity contribution in [1.29, 1.82) is 0 Å². The van der Waals surface area contributed by atoms with Crippen LogP contribution in [0.3, 0.4) is 0 Å². The summed E-state index contributed by atoms with van der Waals surface area (Å²) >= 11 is -3.11. The molecule has 0 aliphatic rings. The Balaban J connectivity index is 2.43. The first-order valence-electron chi connectivity index (χ1n) is 4.95. The topological polar surface area (TPSA) is 0 Å². The monoisotopic (exact) mass is 368 g/mol. The van der Waals surface area contributed by atoms with Crippen LogP contribution in [0, 0.1) is 6.92 Å². The van der Waals surface area contributed by atoms with Crippen molar-refractivity contribution >= 4 is 41.1 Å². The molecule has 0 saturated carbocycles. The van der Waals surface area contributed by atoms with Gasteiger partial charge in [0.1, 0.15) is 0 Å². The zero-order valence-corrected chi connectivity index (χ0v) is 12.7. The van der Waals surface area contributed by atoms with Crippen molar-refractivity contribution in [3.05, 3.63) is 60.2 Å². The molecule has 84 valence electrons. The van der Waals surface area contributed by atoms with Crippen LogP contribution in [-0.2, 0) is 0 Å². The number of rotatable bonds is 2. The molecule has 0 aliphatic carbocycles. The molecule has 0 fully saturated rings. The molecule has 0 heterocycles. The van der Waals surface area contributed by atoms with E-state index in [-0.39, 0.29) is 0 Å². The molecule has 0 aromatic heterocycles. The van der Waals surface area contributed by atoms with Crippen LogP contribution >= 0.6 is 17.9 Å². The molecule has 0 bridgehead atoms. The molecule has 2 aromatic carbocycles. The Bertz CT molecular complexity index is 463. The van der Waals surface area contributed by atoms with Gasteiger partial charge in [0.15, 0.2) is 0 Å². The molecule has 16 heavy (non-hydrogen) atoms. The molecule has 2 rings (SSSR count). The second kappa shape index (κ2) is 4.98. The summed E-state index contributed by atoms with van der Waals surface area (Å²) < 4.78 is 2.17. The van der Waals surface area contributed by atoms with Gasteiger partial charge in [0.2, 0.25) is 0 Å². The first kappa shape index (κ1) is 12.3. The van der Waals surface area contributed by atoms with Crippen LogP contribution in [0.5, 0.6) is 0 Å². The summed E-state index contributed by atoms with van der Waals surface area (Å²) in [5.41, 5.74) is 1.23. The predicted molar refractivity (Wildman–Crippen MR) is 74.3 cm³/mol. The summed E-state index contributed by atoms with van der Waals surface area (Å²) in [5.74, 6) is 0. The Kier molecular flexibility index (Phi) is 3.82. The van der Waals surface area contributed by atoms with Gasteiger partial charge in [0.25, 0.3) is 0 Å². The Morgan fingerprint density at radius 2 is 1.25 bits per heavy atom. The van der Waals surface area contributed by atoms with Crippen molar-refractivity contribution in [3.8, 4) is 0 Å². The van der Waals surface area contributed by atoms with Crippen molar-refractivity contribution in [2.75, 3.05) is 0 Å². The third-order valence-electron chi connectivity index (χ3n) is 2.36. The molecule has 0 nitrogen and oxygen atoms in total. The van der Waals surface area contributed by atoms with Gasteiger partial charge in [-0.3, -0.25) is 0 Å². The Morgan fingerprint density at radius 1 is 0.750 bits per heavy atom. The van der Waals surface area contributed by atoms with Gasteiger partial charge < -0.3 is 0 Å². The quantitative estimate of drug-likeness (QED) is 0.717. The van der Waals surface area contributed by atoms with Crippen LogP contribution < -0.4 is 7.22 Å². The van der Waals surface area contributed by atoms with Crippen molar-refractivity contribution in [3.63, 3.8) is 0 Å². The van der Waals surface area contributed by atoms with Crippen LogP contribution in [0.15, 0.2) is 54.6 Å². The number of benzene rings is 2. The van der Waals surface area contributed by atoms with Crippen LogP contribution in [-0.4, -0.2) is 15.9 Å². The van der Waals surface area contributed by atoms with Gasteiger partial charge in [0, 0.05) is 0 Å². The number of hydrogen-bond acceptors (Lipinski definition) is 0. The third-order valence-corrected chi connectivity index (χ3v) is 12.1. The second-order valence-electron chi connectivity index (χ2n) is 3.60. The van der Waals surface area contributed by atoms with Gasteiger partial charge in [-0.05, 0) is 0 Å². The fourth-order valence-corrected chi connectivity index (χ4v) is 7.76. The van der Waals surface area contributed by atoms with Crippen molar-refractivity contribution < 1.29 is 0 Å². The van der Waals surface area contributed by atoms with Gasteiger partial charge in [-0.1, -0.05) is 0 Å². The van der Waals surface area contributed by atoms with E-state index < -0.39 is 15.9 Å². The van der Waals surface area contributed by atoms with Gasteiger partial charge in [-0.25, -0.2) is 0 Å². The van der Waals surface area contributed by atoms with Crippen LogP contribution in [0.2, 0.25) is 0 Å². The van der Waals surface area contributed by atoms with Crippen molar-refractivity contribution in [2.45, 2.75) is 6.92 Å². The third kappa shape index (κ3) is 2.55. The zero-order chi connectivity index (χ0) is 11.6. The van der Waals surface area contributed by atoms with E-state index in [1.807, 2.05) is 42.5 Å². The molecule has 0 radical (unpaired) electrons. The van der Waals surface area contributed by atoms with E-state index in [9.17, 15) is 0 Å². The van der Waals surface area contributed by atoms with Crippen LogP contribution in [0.25, 0.3) is 0 Å². The van der Waals surface area contributed by atoms with Crippen molar-refractivity contribution in [2.24, 2.45) is 0 Å². The Morgan fingerprint density at radius 3 is 1.81 bits per heavy atom. The molecule has 0 amide bonds. The van der Waals surface area contributed by atoms with Gasteiger partial charge >= 0.3 is 108 Å². The molecular weight excluding hydrogens is 355 g/mol. The van der Waals surface area contributed by atoms with Gasteiger partial charge in [0.05, 0.1) is 0 Å². The molecule has 3 heteroatoms. The maximum absolute atomic E-state index is 6.59. The molecule has 0 saturated heterocycles. The molecular formula is C13H12Cl2Te. The van der Waals surface area contributed by atoms with E-state index in [4.69, 9.17) is 17.9 Å². The van der Waals surface area contributed by atoms with E-state index >= 15 is 0 Å². The SMILES string of the molecule is Cc1ccc([Te](Cl)(Cl)c2ccccc2)cc1. The summed E-state index contributed by atoms with van der Waals surface area (Å²) in [6.45, 7) is 2.06. The summed E-state index contributed by atoms with van der Waals surface area (Å²) in [4.78, 5) is 0. The van der Waals surface area contributed by atoms with E-state index in [1.165, 1.54) is 5.56 Å². The van der Waals surface area contributed by atoms with Gasteiger partial charge in [-0.2, -0.15) is 0 Å². The molecule has 0 unspecified atom stereocenters. The molecule has 0 atom stereocenters. The minimum absolute atomic E-state index is 1.08. The Labute approximate surface area is 107 Å². The van der Waals surface area contributed by atoms with E-state index in [0.29, 0.717) is 0 Å². The number of aryl methyl sites for hydroxylation is 1. The normalized spacial score (nSPS) is 12.4. The van der Waals surface area contributed by atoms with E-state index in [0.717, 1.165) is 7.22 Å². The van der Waals surface area contributed by atoms with E-state index in [2.05, 4.69) is 19.1 Å². The summed E-state index contributed by atoms with van der Waals surface area (Å²) in [5, 5.41) is 0. The first-order chi connectivity index (χ1) is 7.60. The molecule has 0 N–H and O–H groups in total. The molecule has 0 spiro atoms. The number of hydrogen-bond donors (Lipinski definition) is 0. The average molecular weight is 367 g/mol. The zero-order valence-electron chi connectivity index (χ0n) is 8.86. The van der Waals surface area contributed by atoms with Crippen LogP contribution in [0.1, 0.15) is 5.56 Å². The Hall–Kier alpha value is -0.190. The summed E-state index contributed by atoms with van der Waals surface area (Å²) in [7, 11) is 13.2. The standard InChI is InChI=1S/C13H12Cl2Te/c1-11-7-9-13(10-8-11)16(14,15)12-5-3-2-4-6-12/h2-10H,1H3. The minimum atomic E-state index is -3.11. The average Bonchev–Trinajstić information content (AvgIpc) is 2.31. The molecule has 2 aromatic rings. The second-order valence-corrected chi connectivity index (χ2v) is 16.2. The van der Waals surface area contributed by atoms with Gasteiger partial charge in [-0.15, -0.1) is 0 Å². The molecule has 0 aliphatic heterocycles. The van der Waals surface area contributed by atoms with E-state index in [1.54, 1.807) is 0 Å². The fraction of sp³-hybridized carbons (Fsp3) is 0.0769.